The van der Waals surface area contributed by atoms with Crippen LogP contribution >= 0.6 is 0 Å². The molecule has 150 valence electrons. The molecule has 0 unspecified atom stereocenters. The molecule has 0 fully saturated rings. The monoisotopic (exact) mass is 408 g/mol. The molecule has 1 rings (SSSR count). The third-order valence-electron chi connectivity index (χ3n) is 1.55. The maximum Gasteiger partial charge on any atom is 0.377 e. The molecule has 0 heterocycles. The molecule has 0 saturated heterocycles. The zero-order valence-corrected chi connectivity index (χ0v) is 18.1. The second-order valence-electron chi connectivity index (χ2n) is 5.64. The smallest absolute Gasteiger partial charge is 0.377 e. The molecule has 0 aliphatic rings. The molecule has 0 spiro atoms. The van der Waals surface area contributed by atoms with Crippen molar-refractivity contribution in [2.45, 2.75) is 59.9 Å². The minimum absolute atomic E-state index is 0. The minimum Gasteiger partial charge on any atom is -0.497 e. The molecule has 0 aliphatic heterocycles. The van der Waals surface area contributed by atoms with Crippen molar-refractivity contribution in [2.24, 2.45) is 0 Å². The molecule has 1 aromatic rings. The molecule has 0 aliphatic carbocycles. The summed E-state index contributed by atoms with van der Waals surface area (Å²) in [5.41, 5.74) is 0.147. The van der Waals surface area contributed by atoms with Gasteiger partial charge in [0.2, 0.25) is 0 Å². The Morgan fingerprint density at radius 3 is 1.27 bits per heavy atom. The summed E-state index contributed by atoms with van der Waals surface area (Å²) in [5.74, 6) is -1.78. The predicted octanol–water partition coefficient (Wildman–Crippen LogP) is 2.12. The van der Waals surface area contributed by atoms with Gasteiger partial charge >= 0.3 is 5.97 Å². The minimum atomic E-state index is -1.45. The second-order valence-corrected chi connectivity index (χ2v) is 5.64. The number of carbonyl (C=O) groups is 2. The van der Waals surface area contributed by atoms with Gasteiger partial charge in [0.05, 0.1) is 7.11 Å². The zero-order chi connectivity index (χ0) is 20.6. The van der Waals surface area contributed by atoms with Gasteiger partial charge in [-0.2, -0.15) is 0 Å². The number of aliphatic carboxylic acids is 1. The van der Waals surface area contributed by atoms with Crippen LogP contribution in [0, 0.1) is 0 Å². The molecule has 26 heavy (non-hydrogen) atoms. The first-order chi connectivity index (χ1) is 11.3. The number of carbonyl (C=O) groups excluding carboxylic acids is 1. The third kappa shape index (κ3) is 30.6. The first-order valence-electron chi connectivity index (χ1n) is 7.80. The average Bonchev–Trinajstić information content (AvgIpc) is 2.44. The fourth-order valence-electron chi connectivity index (χ4n) is 0.866. The Balaban J connectivity index is -0.000000155. The van der Waals surface area contributed by atoms with Gasteiger partial charge in [0, 0.05) is 45.6 Å². The van der Waals surface area contributed by atoms with E-state index in [0.717, 1.165) is 0 Å². The molecule has 0 aromatic heterocycles. The number of hydrogen-bond donors (Lipinski definition) is 4. The van der Waals surface area contributed by atoms with Gasteiger partial charge in [-0.1, -0.05) is 0 Å². The maximum absolute atomic E-state index is 10.9. The van der Waals surface area contributed by atoms with Crippen LogP contribution in [0.4, 0.5) is 0 Å². The van der Waals surface area contributed by atoms with Gasteiger partial charge in [0.25, 0.3) is 5.78 Å². The topological polar surface area (TPSA) is 124 Å². The van der Waals surface area contributed by atoms with E-state index in [9.17, 15) is 9.59 Å². The molecule has 8 heteroatoms. The van der Waals surface area contributed by atoms with Crippen molar-refractivity contribution in [3.8, 4) is 5.75 Å². The Kier molecular flexibility index (Phi) is 25.0. The molecule has 0 bridgehead atoms. The van der Waals surface area contributed by atoms with E-state index in [1.54, 1.807) is 41.5 Å². The average molecular weight is 408 g/mol. The van der Waals surface area contributed by atoms with Crippen LogP contribution in [0.25, 0.3) is 0 Å². The third-order valence-corrected chi connectivity index (χ3v) is 1.55. The van der Waals surface area contributed by atoms with Crippen molar-refractivity contribution < 1.29 is 56.5 Å². The molecule has 7 nitrogen and oxygen atoms in total. The molecular weight excluding hydrogens is 376 g/mol. The summed E-state index contributed by atoms with van der Waals surface area (Å²) in [6.45, 7) is 10.3. The number of rotatable bonds is 3. The molecule has 0 radical (unpaired) electrons. The number of hydrogen-bond acceptors (Lipinski definition) is 6. The van der Waals surface area contributed by atoms with Crippen molar-refractivity contribution in [3.05, 3.63) is 29.8 Å². The number of carboxylic acids is 1. The van der Waals surface area contributed by atoms with Crippen molar-refractivity contribution in [1.82, 2.24) is 0 Å². The SMILES string of the molecule is CC(C)O.CC(C)O.CC(C)O.COc1ccc(C(=O)C(=O)O)cc1.[Ti]. The van der Waals surface area contributed by atoms with E-state index in [1.807, 2.05) is 0 Å². The van der Waals surface area contributed by atoms with Crippen LogP contribution in [0.5, 0.6) is 5.75 Å². The summed E-state index contributed by atoms with van der Waals surface area (Å²) >= 11 is 0. The first-order valence-corrected chi connectivity index (χ1v) is 7.80. The van der Waals surface area contributed by atoms with Crippen LogP contribution in [-0.2, 0) is 26.5 Å². The molecule has 1 aromatic carbocycles. The van der Waals surface area contributed by atoms with Gasteiger partial charge in [-0.05, 0) is 65.8 Å². The van der Waals surface area contributed by atoms with E-state index in [-0.39, 0.29) is 45.6 Å². The fourth-order valence-corrected chi connectivity index (χ4v) is 0.866. The van der Waals surface area contributed by atoms with Crippen molar-refractivity contribution in [2.75, 3.05) is 7.11 Å². The Morgan fingerprint density at radius 2 is 1.08 bits per heavy atom. The summed E-state index contributed by atoms with van der Waals surface area (Å²) in [5, 5.41) is 32.5. The number of Topliss-reactive ketones (excluding diaryl/α,β-unsaturated/α-hetero) is 1. The summed E-state index contributed by atoms with van der Waals surface area (Å²) in [4.78, 5) is 21.2. The van der Waals surface area contributed by atoms with Crippen molar-refractivity contribution >= 4 is 11.8 Å². The maximum atomic E-state index is 10.9. The van der Waals surface area contributed by atoms with Crippen LogP contribution in [0.15, 0.2) is 24.3 Å². The number of aliphatic hydroxyl groups is 3. The summed E-state index contributed by atoms with van der Waals surface area (Å²) in [7, 11) is 1.49. The molecule has 4 N–H and O–H groups in total. The standard InChI is InChI=1S/C9H8O4.3C3H8O.Ti/c1-13-7-4-2-6(3-5-7)8(10)9(11)12;3*1-3(2)4;/h2-5H,1H3,(H,11,12);3*3-4H,1-2H3;. The number of methoxy groups -OCH3 is 1. The Morgan fingerprint density at radius 1 is 0.808 bits per heavy atom. The summed E-state index contributed by atoms with van der Waals surface area (Å²) < 4.78 is 4.85. The van der Waals surface area contributed by atoms with Crippen LogP contribution in [0.1, 0.15) is 51.9 Å². The Bertz CT molecular complexity index is 435. The number of benzene rings is 1. The van der Waals surface area contributed by atoms with Crippen LogP contribution < -0.4 is 4.74 Å². The van der Waals surface area contributed by atoms with Crippen molar-refractivity contribution in [3.63, 3.8) is 0 Å². The number of carboxylic acid groups (broad SMARTS) is 1. The number of aliphatic hydroxyl groups excluding tert-OH is 3. The van der Waals surface area contributed by atoms with Gasteiger partial charge in [-0.3, -0.25) is 4.79 Å². The molecule has 0 atom stereocenters. The summed E-state index contributed by atoms with van der Waals surface area (Å²) in [6, 6.07) is 5.90. The molecule has 0 saturated carbocycles. The second kappa shape index (κ2) is 20.1. The first kappa shape index (κ1) is 32.4. The van der Waals surface area contributed by atoms with Crippen molar-refractivity contribution in [1.29, 1.82) is 0 Å². The van der Waals surface area contributed by atoms with Gasteiger partial charge < -0.3 is 25.2 Å². The van der Waals surface area contributed by atoms with Gasteiger partial charge in [0.15, 0.2) is 0 Å². The Labute approximate surface area is 170 Å². The van der Waals surface area contributed by atoms with Crippen LogP contribution in [-0.4, -0.2) is 57.6 Å². The number of ether oxygens (including phenoxy) is 1. The molecular formula is C18H32O7Ti. The zero-order valence-electron chi connectivity index (χ0n) is 16.6. The Hall–Kier alpha value is -1.25. The quantitative estimate of drug-likeness (QED) is 0.343. The fraction of sp³-hybridized carbons (Fsp3) is 0.556. The van der Waals surface area contributed by atoms with E-state index in [0.29, 0.717) is 5.75 Å². The largest absolute Gasteiger partial charge is 0.497 e. The normalized spacial score (nSPS) is 8.81. The van der Waals surface area contributed by atoms with E-state index in [2.05, 4.69) is 0 Å². The van der Waals surface area contributed by atoms with Crippen LogP contribution in [0.2, 0.25) is 0 Å². The summed E-state index contributed by atoms with van der Waals surface area (Å²) in [6.07, 6.45) is -0.500. The van der Waals surface area contributed by atoms with Gasteiger partial charge in [0.1, 0.15) is 5.75 Å². The van der Waals surface area contributed by atoms with E-state index >= 15 is 0 Å². The van der Waals surface area contributed by atoms with Gasteiger partial charge in [-0.25, -0.2) is 4.79 Å². The molecule has 0 amide bonds. The van der Waals surface area contributed by atoms with E-state index < -0.39 is 11.8 Å². The van der Waals surface area contributed by atoms with Crippen LogP contribution in [0.3, 0.4) is 0 Å². The van der Waals surface area contributed by atoms with Gasteiger partial charge in [-0.15, -0.1) is 0 Å². The predicted molar refractivity (Wildman–Crippen MR) is 97.0 cm³/mol. The van der Waals surface area contributed by atoms with E-state index in [4.69, 9.17) is 25.2 Å². The van der Waals surface area contributed by atoms with E-state index in [1.165, 1.54) is 31.4 Å². The number of ketones is 1.